The number of hydrogen-bond acceptors (Lipinski definition) is 5. The Balaban J connectivity index is 2.21. The average Bonchev–Trinajstić information content (AvgIpc) is 3.04. The van der Waals surface area contributed by atoms with E-state index in [4.69, 9.17) is 0 Å². The molecule has 10 heteroatoms. The van der Waals surface area contributed by atoms with Crippen LogP contribution < -0.4 is 4.74 Å². The van der Waals surface area contributed by atoms with Gasteiger partial charge in [-0.2, -0.15) is 4.31 Å². The minimum Gasteiger partial charge on any atom is -0.406 e. The van der Waals surface area contributed by atoms with Crippen LogP contribution >= 0.6 is 0 Å². The van der Waals surface area contributed by atoms with Gasteiger partial charge in [-0.1, -0.05) is 6.92 Å². The number of sulfonamides is 1. The van der Waals surface area contributed by atoms with Crippen LogP contribution in [0, 0.1) is 0 Å². The highest BCUT2D eigenvalue weighted by Gasteiger charge is 2.33. The zero-order valence-electron chi connectivity index (χ0n) is 16.4. The lowest BCUT2D eigenvalue weighted by atomic mass is 10.2. The highest BCUT2D eigenvalue weighted by molar-refractivity contribution is 7.89. The molecule has 0 spiro atoms. The first-order valence-corrected chi connectivity index (χ1v) is 10.7. The maximum absolute atomic E-state index is 13.2. The van der Waals surface area contributed by atoms with Gasteiger partial charge >= 0.3 is 6.36 Å². The van der Waals surface area contributed by atoms with Crippen molar-refractivity contribution >= 4 is 10.0 Å². The van der Waals surface area contributed by atoms with E-state index in [0.717, 1.165) is 50.2 Å². The number of rotatable bonds is 9. The fraction of sp³-hybridized carbons (Fsp3) is 0.667. The number of ether oxygens (including phenoxy) is 1. The summed E-state index contributed by atoms with van der Waals surface area (Å²) in [5, 5.41) is 0. The van der Waals surface area contributed by atoms with E-state index < -0.39 is 22.1 Å². The molecule has 6 nitrogen and oxygen atoms in total. The molecule has 0 bridgehead atoms. The van der Waals surface area contributed by atoms with Crippen LogP contribution in [0.4, 0.5) is 13.2 Å². The second-order valence-corrected chi connectivity index (χ2v) is 9.05. The number of likely N-dealkylation sites (tertiary alicyclic amines) is 1. The molecule has 1 heterocycles. The Morgan fingerprint density at radius 1 is 1.18 bits per heavy atom. The second-order valence-electron chi connectivity index (χ2n) is 7.11. The predicted octanol–water partition coefficient (Wildman–Crippen LogP) is 2.62. The Morgan fingerprint density at radius 3 is 2.36 bits per heavy atom. The number of benzene rings is 1. The molecule has 1 aromatic rings. The maximum atomic E-state index is 13.2. The highest BCUT2D eigenvalue weighted by Crippen LogP contribution is 2.26. The van der Waals surface area contributed by atoms with Crippen molar-refractivity contribution in [2.24, 2.45) is 0 Å². The van der Waals surface area contributed by atoms with Crippen molar-refractivity contribution < 1.29 is 26.3 Å². The van der Waals surface area contributed by atoms with Crippen LogP contribution in [0.1, 0.15) is 19.8 Å². The van der Waals surface area contributed by atoms with Gasteiger partial charge in [0.25, 0.3) is 0 Å². The minimum absolute atomic E-state index is 0.0400. The molecular formula is C18H28F3N3O3S. The van der Waals surface area contributed by atoms with Crippen molar-refractivity contribution in [2.75, 3.05) is 46.8 Å². The third kappa shape index (κ3) is 6.33. The van der Waals surface area contributed by atoms with Crippen molar-refractivity contribution in [1.29, 1.82) is 0 Å². The van der Waals surface area contributed by atoms with Gasteiger partial charge in [0, 0.05) is 25.7 Å². The van der Waals surface area contributed by atoms with E-state index in [2.05, 4.69) is 16.6 Å². The summed E-state index contributed by atoms with van der Waals surface area (Å²) in [5.41, 5.74) is 0. The lowest BCUT2D eigenvalue weighted by Gasteiger charge is -2.30. The summed E-state index contributed by atoms with van der Waals surface area (Å²) < 4.78 is 68.5. The lowest BCUT2D eigenvalue weighted by Crippen LogP contribution is -2.45. The zero-order chi connectivity index (χ0) is 20.9. The van der Waals surface area contributed by atoms with E-state index in [-0.39, 0.29) is 10.9 Å². The molecule has 1 aliphatic rings. The van der Waals surface area contributed by atoms with Crippen molar-refractivity contribution in [1.82, 2.24) is 14.1 Å². The molecule has 1 saturated heterocycles. The summed E-state index contributed by atoms with van der Waals surface area (Å²) in [6, 6.07) is 4.52. The van der Waals surface area contributed by atoms with E-state index >= 15 is 0 Å². The molecule has 0 radical (unpaired) electrons. The van der Waals surface area contributed by atoms with Crippen LogP contribution in [0.2, 0.25) is 0 Å². The molecule has 28 heavy (non-hydrogen) atoms. The van der Waals surface area contributed by atoms with Gasteiger partial charge in [0.15, 0.2) is 0 Å². The Bertz CT molecular complexity index is 724. The standard InChI is InChI=1S/C18H28F3N3O3S/c1-4-23-11-5-6-15(23)14-24(13-12-22(2)3)28(25,26)17-9-7-16(8-10-17)27-18(19,20)21/h7-10,15H,4-6,11-14H2,1-3H3. The van der Waals surface area contributed by atoms with E-state index in [1.807, 2.05) is 19.0 Å². The predicted molar refractivity (Wildman–Crippen MR) is 101 cm³/mol. The van der Waals surface area contributed by atoms with Gasteiger partial charge < -0.3 is 9.64 Å². The Hall–Kier alpha value is -1.36. The first-order valence-electron chi connectivity index (χ1n) is 9.27. The number of hydrogen-bond donors (Lipinski definition) is 0. The topological polar surface area (TPSA) is 53.1 Å². The van der Waals surface area contributed by atoms with Gasteiger partial charge in [-0.25, -0.2) is 8.42 Å². The Labute approximate surface area is 164 Å². The molecule has 1 atom stereocenters. The van der Waals surface area contributed by atoms with Crippen LogP contribution in [-0.4, -0.2) is 81.7 Å². The summed E-state index contributed by atoms with van der Waals surface area (Å²) >= 11 is 0. The second kappa shape index (κ2) is 9.43. The van der Waals surface area contributed by atoms with Crippen LogP contribution in [0.25, 0.3) is 0 Å². The molecule has 0 amide bonds. The molecule has 0 saturated carbocycles. The largest absolute Gasteiger partial charge is 0.573 e. The van der Waals surface area contributed by atoms with Gasteiger partial charge in [0.05, 0.1) is 4.90 Å². The molecular weight excluding hydrogens is 395 g/mol. The van der Waals surface area contributed by atoms with Crippen molar-refractivity contribution in [2.45, 2.75) is 37.1 Å². The normalized spacial score (nSPS) is 18.9. The summed E-state index contributed by atoms with van der Waals surface area (Å²) in [6.45, 7) is 5.08. The van der Waals surface area contributed by atoms with E-state index in [9.17, 15) is 21.6 Å². The van der Waals surface area contributed by atoms with Crippen LogP contribution in [-0.2, 0) is 10.0 Å². The Kier molecular flexibility index (Phi) is 7.72. The molecule has 160 valence electrons. The van der Waals surface area contributed by atoms with Gasteiger partial charge in [0.2, 0.25) is 10.0 Å². The lowest BCUT2D eigenvalue weighted by molar-refractivity contribution is -0.274. The van der Waals surface area contributed by atoms with Crippen LogP contribution in [0.3, 0.4) is 0 Å². The summed E-state index contributed by atoms with van der Waals surface area (Å²) in [6.07, 6.45) is -2.85. The van der Waals surface area contributed by atoms with Gasteiger partial charge in [0.1, 0.15) is 5.75 Å². The zero-order valence-corrected chi connectivity index (χ0v) is 17.3. The monoisotopic (exact) mass is 423 g/mol. The number of halogens is 3. The third-order valence-electron chi connectivity index (χ3n) is 4.81. The minimum atomic E-state index is -4.82. The quantitative estimate of drug-likeness (QED) is 0.611. The van der Waals surface area contributed by atoms with E-state index in [0.29, 0.717) is 19.6 Å². The van der Waals surface area contributed by atoms with Crippen LogP contribution in [0.5, 0.6) is 5.75 Å². The first kappa shape index (κ1) is 22.9. The summed E-state index contributed by atoms with van der Waals surface area (Å²) in [5.74, 6) is -0.445. The summed E-state index contributed by atoms with van der Waals surface area (Å²) in [7, 11) is -0.107. The van der Waals surface area contributed by atoms with Crippen molar-refractivity contribution in [3.8, 4) is 5.75 Å². The summed E-state index contributed by atoms with van der Waals surface area (Å²) in [4.78, 5) is 4.12. The molecule has 1 aliphatic heterocycles. The number of nitrogens with zero attached hydrogens (tertiary/aromatic N) is 3. The molecule has 0 aromatic heterocycles. The smallest absolute Gasteiger partial charge is 0.406 e. The first-order chi connectivity index (χ1) is 13.0. The molecule has 1 aromatic carbocycles. The van der Waals surface area contributed by atoms with Gasteiger partial charge in [-0.3, -0.25) is 4.90 Å². The van der Waals surface area contributed by atoms with Crippen LogP contribution in [0.15, 0.2) is 29.2 Å². The van der Waals surface area contributed by atoms with Crippen molar-refractivity contribution in [3.63, 3.8) is 0 Å². The van der Waals surface area contributed by atoms with E-state index in [1.165, 1.54) is 4.31 Å². The van der Waals surface area contributed by atoms with Crippen molar-refractivity contribution in [3.05, 3.63) is 24.3 Å². The maximum Gasteiger partial charge on any atom is 0.573 e. The number of alkyl halides is 3. The van der Waals surface area contributed by atoms with E-state index in [1.54, 1.807) is 0 Å². The molecule has 0 N–H and O–H groups in total. The molecule has 2 rings (SSSR count). The average molecular weight is 424 g/mol. The van der Waals surface area contributed by atoms with Gasteiger partial charge in [-0.05, 0) is 64.3 Å². The third-order valence-corrected chi connectivity index (χ3v) is 6.69. The fourth-order valence-electron chi connectivity index (χ4n) is 3.34. The fourth-order valence-corrected chi connectivity index (χ4v) is 4.81. The Morgan fingerprint density at radius 2 is 1.82 bits per heavy atom. The number of likely N-dealkylation sites (N-methyl/N-ethyl adjacent to an activating group) is 2. The molecule has 1 unspecified atom stereocenters. The molecule has 0 aliphatic carbocycles. The SMILES string of the molecule is CCN1CCCC1CN(CCN(C)C)S(=O)(=O)c1ccc(OC(F)(F)F)cc1. The molecule has 1 fully saturated rings. The highest BCUT2D eigenvalue weighted by atomic mass is 32.2. The van der Waals surface area contributed by atoms with Gasteiger partial charge in [-0.15, -0.1) is 13.2 Å².